The summed E-state index contributed by atoms with van der Waals surface area (Å²) < 4.78 is 4.85. The van der Waals surface area contributed by atoms with E-state index < -0.39 is 11.7 Å². The molecule has 0 heterocycles. The van der Waals surface area contributed by atoms with Crippen molar-refractivity contribution in [2.75, 3.05) is 6.54 Å². The molecule has 5 nitrogen and oxygen atoms in total. The average molecular weight is 175 g/mol. The number of carbonyl (C=O) groups excluding carboxylic acids is 1. The van der Waals surface area contributed by atoms with Crippen molar-refractivity contribution in [3.63, 3.8) is 0 Å². The minimum absolute atomic E-state index is 0.497. The summed E-state index contributed by atoms with van der Waals surface area (Å²) in [6, 6.07) is 0. The Kier molecular flexibility index (Phi) is 4.61. The predicted molar refractivity (Wildman–Crippen MR) is 46.2 cm³/mol. The van der Waals surface area contributed by atoms with Crippen LogP contribution in [0, 0.1) is 0 Å². The minimum Gasteiger partial charge on any atom is -0.444 e. The van der Waals surface area contributed by atoms with E-state index in [1.165, 1.54) is 0 Å². The van der Waals surface area contributed by atoms with E-state index in [4.69, 9.17) is 16.3 Å². The number of primary amides is 1. The summed E-state index contributed by atoms with van der Waals surface area (Å²) in [5.41, 5.74) is 6.91. The molecule has 0 atom stereocenters. The van der Waals surface area contributed by atoms with Crippen molar-refractivity contribution in [3.8, 4) is 0 Å². The van der Waals surface area contributed by atoms with Crippen LogP contribution >= 0.6 is 0 Å². The van der Waals surface area contributed by atoms with E-state index in [1.54, 1.807) is 0 Å². The Morgan fingerprint density at radius 1 is 1.58 bits per heavy atom. The van der Waals surface area contributed by atoms with Crippen molar-refractivity contribution in [1.29, 1.82) is 0 Å². The van der Waals surface area contributed by atoms with Gasteiger partial charge in [0.25, 0.3) is 0 Å². The van der Waals surface area contributed by atoms with Crippen LogP contribution in [-0.4, -0.2) is 18.2 Å². The van der Waals surface area contributed by atoms with E-state index >= 15 is 0 Å². The third-order valence-electron chi connectivity index (χ3n) is 1.48. The monoisotopic (exact) mass is 175 g/mol. The van der Waals surface area contributed by atoms with Crippen molar-refractivity contribution in [2.45, 2.75) is 32.3 Å². The van der Waals surface area contributed by atoms with Crippen LogP contribution in [0.2, 0.25) is 0 Å². The molecule has 0 radical (unpaired) electrons. The molecule has 0 aliphatic heterocycles. The molecule has 5 N–H and O–H groups in total. The first-order chi connectivity index (χ1) is 5.48. The highest BCUT2D eigenvalue weighted by molar-refractivity contribution is 5.65. The van der Waals surface area contributed by atoms with Gasteiger partial charge in [-0.25, -0.2) is 4.79 Å². The lowest BCUT2D eigenvalue weighted by Crippen LogP contribution is -2.32. The van der Waals surface area contributed by atoms with Crippen LogP contribution in [0.25, 0.3) is 0 Å². The van der Waals surface area contributed by atoms with Gasteiger partial charge in [-0.2, -0.15) is 0 Å². The van der Waals surface area contributed by atoms with Crippen LogP contribution in [-0.2, 0) is 4.74 Å². The molecule has 0 spiro atoms. The fourth-order valence-electron chi connectivity index (χ4n) is 0.940. The Hall–Kier alpha value is -0.810. The molecule has 0 aliphatic rings. The number of nitrogens with one attached hydrogen (secondary N) is 1. The fraction of sp³-hybridized carbons (Fsp3) is 0.857. The van der Waals surface area contributed by atoms with Gasteiger partial charge in [-0.15, -0.1) is 0 Å². The molecule has 0 saturated heterocycles. The topological polar surface area (TPSA) is 90.4 Å². The van der Waals surface area contributed by atoms with Gasteiger partial charge in [0.1, 0.15) is 5.60 Å². The van der Waals surface area contributed by atoms with Crippen molar-refractivity contribution >= 4 is 6.09 Å². The first-order valence-corrected chi connectivity index (χ1v) is 3.90. The molecular formula is C7H17N3O2. The zero-order valence-electron chi connectivity index (χ0n) is 7.59. The van der Waals surface area contributed by atoms with Crippen LogP contribution in [0.3, 0.4) is 0 Å². The second-order valence-electron chi connectivity index (χ2n) is 3.24. The summed E-state index contributed by atoms with van der Waals surface area (Å²) in [5.74, 6) is 5.08. The normalized spacial score (nSPS) is 11.2. The lowest BCUT2D eigenvalue weighted by Gasteiger charge is -2.23. The molecule has 0 aliphatic carbocycles. The van der Waals surface area contributed by atoms with Gasteiger partial charge in [0.2, 0.25) is 0 Å². The summed E-state index contributed by atoms with van der Waals surface area (Å²) in [6.07, 6.45) is 0.845. The van der Waals surface area contributed by atoms with Gasteiger partial charge in [-0.3, -0.25) is 11.3 Å². The van der Waals surface area contributed by atoms with Gasteiger partial charge < -0.3 is 10.5 Å². The second-order valence-corrected chi connectivity index (χ2v) is 3.24. The lowest BCUT2D eigenvalue weighted by atomic mass is 10.0. The lowest BCUT2D eigenvalue weighted by molar-refractivity contribution is 0.0378. The number of hydrazine groups is 1. The smallest absolute Gasteiger partial charge is 0.405 e. The molecule has 72 valence electrons. The number of hydrogen-bond acceptors (Lipinski definition) is 4. The maximum absolute atomic E-state index is 10.4. The maximum Gasteiger partial charge on any atom is 0.405 e. The van der Waals surface area contributed by atoms with Gasteiger partial charge in [0.15, 0.2) is 0 Å². The largest absolute Gasteiger partial charge is 0.444 e. The first-order valence-electron chi connectivity index (χ1n) is 3.90. The summed E-state index contributed by atoms with van der Waals surface area (Å²) in [6.45, 7) is 4.33. The Bertz CT molecular complexity index is 148. The van der Waals surface area contributed by atoms with Crippen LogP contribution in [0.4, 0.5) is 4.79 Å². The summed E-state index contributed by atoms with van der Waals surface area (Å²) in [7, 11) is 0. The molecule has 5 heteroatoms. The number of rotatable bonds is 5. The molecule has 0 rings (SSSR count). The molecule has 0 bridgehead atoms. The van der Waals surface area contributed by atoms with E-state index in [0.717, 1.165) is 12.8 Å². The number of nitrogens with two attached hydrogens (primary N) is 2. The number of amides is 1. The summed E-state index contributed by atoms with van der Waals surface area (Å²) in [5, 5.41) is 0. The third-order valence-corrected chi connectivity index (χ3v) is 1.48. The number of carbonyl (C=O) groups is 1. The van der Waals surface area contributed by atoms with E-state index in [-0.39, 0.29) is 0 Å². The predicted octanol–water partition coefficient (Wildman–Crippen LogP) is 0.104. The molecule has 12 heavy (non-hydrogen) atoms. The van der Waals surface area contributed by atoms with Crippen molar-refractivity contribution in [3.05, 3.63) is 0 Å². The van der Waals surface area contributed by atoms with E-state index in [2.05, 4.69) is 5.43 Å². The Morgan fingerprint density at radius 2 is 2.17 bits per heavy atom. The molecule has 1 amide bonds. The van der Waals surface area contributed by atoms with Crippen molar-refractivity contribution < 1.29 is 9.53 Å². The van der Waals surface area contributed by atoms with Crippen molar-refractivity contribution in [1.82, 2.24) is 5.43 Å². The molecule has 0 unspecified atom stereocenters. The molecule has 0 aromatic carbocycles. The van der Waals surface area contributed by atoms with Gasteiger partial charge in [-0.1, -0.05) is 0 Å². The Balaban J connectivity index is 3.63. The van der Waals surface area contributed by atoms with Crippen LogP contribution in [0.15, 0.2) is 0 Å². The zero-order chi connectivity index (χ0) is 9.61. The zero-order valence-corrected chi connectivity index (χ0v) is 7.59. The molecule has 0 fully saturated rings. The molecule has 0 aromatic rings. The van der Waals surface area contributed by atoms with E-state index in [0.29, 0.717) is 6.54 Å². The van der Waals surface area contributed by atoms with E-state index in [9.17, 15) is 4.79 Å². The second kappa shape index (κ2) is 4.95. The molecule has 0 saturated carbocycles. The first kappa shape index (κ1) is 11.2. The highest BCUT2D eigenvalue weighted by atomic mass is 16.6. The highest BCUT2D eigenvalue weighted by Crippen LogP contribution is 2.15. The maximum atomic E-state index is 10.4. The van der Waals surface area contributed by atoms with Crippen molar-refractivity contribution in [2.24, 2.45) is 11.6 Å². The van der Waals surface area contributed by atoms with Gasteiger partial charge in [0.05, 0.1) is 0 Å². The summed E-state index contributed by atoms with van der Waals surface area (Å²) >= 11 is 0. The van der Waals surface area contributed by atoms with Crippen LogP contribution < -0.4 is 17.0 Å². The van der Waals surface area contributed by atoms with Crippen LogP contribution in [0.1, 0.15) is 26.7 Å². The fourth-order valence-corrected chi connectivity index (χ4v) is 0.940. The summed E-state index contributed by atoms with van der Waals surface area (Å²) in [4.78, 5) is 10.4. The SMILES string of the molecule is CC(C)(CCCNN)OC(N)=O. The molecule has 0 aromatic heterocycles. The average Bonchev–Trinajstić information content (AvgIpc) is 1.84. The van der Waals surface area contributed by atoms with Gasteiger partial charge >= 0.3 is 6.09 Å². The quantitative estimate of drug-likeness (QED) is 0.314. The van der Waals surface area contributed by atoms with Gasteiger partial charge in [-0.05, 0) is 26.7 Å². The highest BCUT2D eigenvalue weighted by Gasteiger charge is 2.20. The minimum atomic E-state index is -0.735. The number of hydrogen-bond donors (Lipinski definition) is 3. The number of ether oxygens (including phenoxy) is 1. The van der Waals surface area contributed by atoms with Crippen LogP contribution in [0.5, 0.6) is 0 Å². The standard InChI is InChI=1S/C7H17N3O2/c1-7(2,12-6(8)11)4-3-5-10-9/h10H,3-5,9H2,1-2H3,(H2,8,11). The Labute approximate surface area is 72.4 Å². The van der Waals surface area contributed by atoms with E-state index in [1.807, 2.05) is 13.8 Å². The van der Waals surface area contributed by atoms with Gasteiger partial charge in [0, 0.05) is 6.54 Å². The third kappa shape index (κ3) is 5.94. The Morgan fingerprint density at radius 3 is 2.58 bits per heavy atom. The molecular weight excluding hydrogens is 158 g/mol.